The maximum Gasteiger partial charge on any atom is 0.390 e. The second-order valence-corrected chi connectivity index (χ2v) is 23.9. The predicted molar refractivity (Wildman–Crippen MR) is 240 cm³/mol. The number of nitro benzene ring substituents is 2. The molecule has 0 saturated carbocycles. The standard InChI is InChI=1S/C40H38F2N10O12P2S2/c41-31-35-29-15-59-66(58,68-18-24-10-6-8-14-28(24)52(55)56)64-36-30(16-60-65(57,63-35)67-17-23-9-5-7-13-27(23)51(53)54)62-40(32(36)42)50-22-48-34-26(44-20-46-38(34)50)12-4-2-1-3-11-25-33-37(45-19-43-25)49(21-47-33)39(31)61-29/h1-2,5-10,13-14,19-22,29-32,35-36,39-40H,3-4,11-12,15-18H2/b2-1+/t29-,30-,31-,32-,35-,36-,39-,40-,65+,66?/m1/s1. The number of alkyl halides is 2. The van der Waals surface area contributed by atoms with E-state index >= 15 is 17.9 Å². The third-order valence-corrected chi connectivity index (χ3v) is 18.9. The number of nitro groups is 2. The number of aromatic nitrogens is 8. The van der Waals surface area contributed by atoms with E-state index in [2.05, 4.69) is 29.9 Å². The first-order valence-corrected chi connectivity index (χ1v) is 27.3. The van der Waals surface area contributed by atoms with Crippen LogP contribution in [0.2, 0.25) is 0 Å². The molecule has 2 aromatic carbocycles. The molecule has 1 unspecified atom stereocenters. The van der Waals surface area contributed by atoms with Crippen molar-refractivity contribution in [2.75, 3.05) is 13.2 Å². The highest BCUT2D eigenvalue weighted by Gasteiger charge is 2.55. The Morgan fingerprint density at radius 3 is 1.50 bits per heavy atom. The molecule has 5 aliphatic rings. The molecule has 356 valence electrons. The van der Waals surface area contributed by atoms with Gasteiger partial charge in [-0.1, -0.05) is 48.6 Å². The molecule has 10 atom stereocenters. The van der Waals surface area contributed by atoms with Gasteiger partial charge in [0.25, 0.3) is 11.4 Å². The van der Waals surface area contributed by atoms with Crippen LogP contribution < -0.4 is 0 Å². The summed E-state index contributed by atoms with van der Waals surface area (Å²) in [5.74, 6) is -0.657. The summed E-state index contributed by atoms with van der Waals surface area (Å²) in [6.45, 7) is -11.0. The number of rotatable bonds is 8. The third kappa shape index (κ3) is 9.21. The van der Waals surface area contributed by atoms with Crippen LogP contribution >= 0.6 is 36.4 Å². The minimum absolute atomic E-state index is 0.135. The molecule has 9 heterocycles. The number of ether oxygens (including phenoxy) is 2. The van der Waals surface area contributed by atoms with Crippen molar-refractivity contribution in [3.8, 4) is 0 Å². The molecule has 6 aromatic rings. The van der Waals surface area contributed by atoms with E-state index in [-0.39, 0.29) is 45.3 Å². The predicted octanol–water partition coefficient (Wildman–Crippen LogP) is 8.29. The van der Waals surface area contributed by atoms with Gasteiger partial charge in [-0.2, -0.15) is 0 Å². The molecular formula is C40H38F2N10O12P2S2. The lowest BCUT2D eigenvalue weighted by atomic mass is 10.1. The van der Waals surface area contributed by atoms with Gasteiger partial charge in [-0.15, -0.1) is 0 Å². The largest absolute Gasteiger partial charge is 0.390 e. The van der Waals surface area contributed by atoms with Crippen molar-refractivity contribution in [2.45, 2.75) is 86.4 Å². The van der Waals surface area contributed by atoms with Gasteiger partial charge in [-0.3, -0.25) is 47.5 Å². The Morgan fingerprint density at radius 2 is 1.07 bits per heavy atom. The van der Waals surface area contributed by atoms with Crippen LogP contribution in [0.15, 0.2) is 86.0 Å². The Hall–Kier alpha value is -5.14. The average Bonchev–Trinajstić information content (AvgIpc) is 4.11. The Morgan fingerprint density at radius 1 is 0.647 bits per heavy atom. The minimum atomic E-state index is -4.73. The Bertz CT molecular complexity index is 2830. The highest BCUT2D eigenvalue weighted by atomic mass is 32.7. The van der Waals surface area contributed by atoms with E-state index in [0.717, 1.165) is 0 Å². The molecule has 0 aliphatic carbocycles. The zero-order valence-electron chi connectivity index (χ0n) is 35.2. The normalized spacial score (nSPS) is 30.3. The lowest BCUT2D eigenvalue weighted by Crippen LogP contribution is -2.37. The number of aryl methyl sites for hydroxylation is 2. The topological polar surface area (TPSA) is 263 Å². The molecule has 5 aliphatic heterocycles. The lowest BCUT2D eigenvalue weighted by molar-refractivity contribution is -0.385. The summed E-state index contributed by atoms with van der Waals surface area (Å²) >= 11 is 1.03. The van der Waals surface area contributed by atoms with Crippen LogP contribution in [-0.2, 0) is 61.0 Å². The smallest absolute Gasteiger partial charge is 0.346 e. The number of allylic oxidation sites excluding steroid dienone is 2. The Balaban J connectivity index is 1.09. The van der Waals surface area contributed by atoms with E-state index in [1.165, 1.54) is 70.8 Å². The first kappa shape index (κ1) is 46.6. The summed E-state index contributed by atoms with van der Waals surface area (Å²) in [5.41, 5.74) is 1.92. The molecule has 11 rings (SSSR count). The van der Waals surface area contributed by atoms with Gasteiger partial charge in [0, 0.05) is 34.8 Å². The number of halogens is 2. The highest BCUT2D eigenvalue weighted by Crippen LogP contribution is 2.67. The molecule has 0 N–H and O–H groups in total. The van der Waals surface area contributed by atoms with Crippen LogP contribution in [0.4, 0.5) is 20.2 Å². The minimum Gasteiger partial charge on any atom is -0.346 e. The zero-order chi connectivity index (χ0) is 47.2. The molecular weight excluding hydrogens is 977 g/mol. The van der Waals surface area contributed by atoms with Crippen molar-refractivity contribution in [1.29, 1.82) is 0 Å². The molecule has 4 aromatic heterocycles. The number of hydrogen-bond donors (Lipinski definition) is 0. The number of nitrogens with zero attached hydrogens (tertiary/aromatic N) is 10. The van der Waals surface area contributed by atoms with Gasteiger partial charge in [-0.25, -0.2) is 47.8 Å². The van der Waals surface area contributed by atoms with E-state index < -0.39 is 85.9 Å². The van der Waals surface area contributed by atoms with Gasteiger partial charge in [0.2, 0.25) is 0 Å². The number of hydrogen-bond acceptors (Lipinski definition) is 20. The average molecular weight is 1010 g/mol. The van der Waals surface area contributed by atoms with Crippen LogP contribution in [0.25, 0.3) is 22.3 Å². The molecule has 22 nitrogen and oxygen atoms in total. The van der Waals surface area contributed by atoms with Gasteiger partial charge in [0.15, 0.2) is 36.1 Å². The van der Waals surface area contributed by atoms with Crippen molar-refractivity contribution in [1.82, 2.24) is 39.0 Å². The second-order valence-electron chi connectivity index (χ2n) is 15.8. The van der Waals surface area contributed by atoms with Gasteiger partial charge >= 0.3 is 13.6 Å². The molecule has 0 spiro atoms. The van der Waals surface area contributed by atoms with Crippen LogP contribution in [0.3, 0.4) is 0 Å². The SMILES string of the molecule is O=[N+]([O-])c1ccccc1CSP1(=O)OC[C@H]2O[C@@H]3[C@H](F)[C@@H]2O[P@@](=O)(SCc2ccccc2[N+](=O)[O-])OC[C@H]2O[C@H]([C@H](F)[C@@H]2O1)n1cnc2c(ncnc21)CC/C=C/CCc1ncnc2c1ncn23. The van der Waals surface area contributed by atoms with Crippen LogP contribution in [0, 0.1) is 20.2 Å². The zero-order valence-corrected chi connectivity index (χ0v) is 38.6. The molecule has 68 heavy (non-hydrogen) atoms. The molecule has 3 saturated heterocycles. The fourth-order valence-corrected chi connectivity index (χ4v) is 15.1. The third-order valence-electron chi connectivity index (χ3n) is 11.6. The Kier molecular flexibility index (Phi) is 13.2. The van der Waals surface area contributed by atoms with E-state index in [0.29, 0.717) is 70.9 Å². The fourth-order valence-electron chi connectivity index (χ4n) is 8.31. The van der Waals surface area contributed by atoms with Gasteiger partial charge < -0.3 is 9.47 Å². The van der Waals surface area contributed by atoms with Crippen LogP contribution in [0.5, 0.6) is 0 Å². The van der Waals surface area contributed by atoms with Gasteiger partial charge in [-0.05, 0) is 48.4 Å². The number of imidazole rings is 2. The van der Waals surface area contributed by atoms with Crippen LogP contribution in [0.1, 0.15) is 47.8 Å². The van der Waals surface area contributed by atoms with Crippen molar-refractivity contribution in [3.63, 3.8) is 0 Å². The maximum atomic E-state index is 17.4. The molecule has 3 fully saturated rings. The van der Waals surface area contributed by atoms with Crippen molar-refractivity contribution in [2.24, 2.45) is 0 Å². The quantitative estimate of drug-likeness (QED) is 0.0600. The molecule has 28 heteroatoms. The van der Waals surface area contributed by atoms with Crippen molar-refractivity contribution >= 4 is 70.1 Å². The summed E-state index contributed by atoms with van der Waals surface area (Å²) in [6.07, 6.45) is -3.07. The second kappa shape index (κ2) is 19.3. The summed E-state index contributed by atoms with van der Waals surface area (Å²) in [4.78, 5) is 49.4. The van der Waals surface area contributed by atoms with E-state index in [4.69, 9.17) is 27.6 Å². The van der Waals surface area contributed by atoms with Crippen molar-refractivity contribution in [3.05, 3.63) is 129 Å². The number of fused-ring (bicyclic) bond motifs is 10. The monoisotopic (exact) mass is 1010 g/mol. The van der Waals surface area contributed by atoms with Crippen LogP contribution in [-0.4, -0.2) is 98.9 Å². The summed E-state index contributed by atoms with van der Waals surface area (Å²) < 4.78 is 105. The van der Waals surface area contributed by atoms with E-state index in [1.54, 1.807) is 12.1 Å². The summed E-state index contributed by atoms with van der Waals surface area (Å²) in [6, 6.07) is 11.4. The highest BCUT2D eigenvalue weighted by molar-refractivity contribution is 8.55. The first-order chi connectivity index (χ1) is 32.9. The van der Waals surface area contributed by atoms with Gasteiger partial charge in [0.1, 0.15) is 48.1 Å². The number of para-hydroxylation sites is 2. The molecule has 0 radical (unpaired) electrons. The van der Waals surface area contributed by atoms with E-state index in [9.17, 15) is 20.2 Å². The summed E-state index contributed by atoms with van der Waals surface area (Å²) in [5, 5.41) is 24.0. The lowest BCUT2D eigenvalue weighted by Gasteiger charge is -2.30. The first-order valence-electron chi connectivity index (χ1n) is 21.0. The summed E-state index contributed by atoms with van der Waals surface area (Å²) in [7, 11) is 0. The molecule has 14 bridgehead atoms. The molecule has 0 amide bonds. The Labute approximate surface area is 391 Å². The fraction of sp³-hybridized carbons (Fsp3) is 0.400. The van der Waals surface area contributed by atoms with E-state index in [1.807, 2.05) is 12.2 Å². The van der Waals surface area contributed by atoms with Gasteiger partial charge in [0.05, 0.1) is 47.1 Å². The maximum absolute atomic E-state index is 17.4. The van der Waals surface area contributed by atoms with Crippen molar-refractivity contribution < 1.29 is 55.3 Å². The number of benzene rings is 2.